The summed E-state index contributed by atoms with van der Waals surface area (Å²) in [4.78, 5) is 47.7. The number of piperidine rings is 1. The average molecular weight is 644 g/mol. The molecule has 1 saturated heterocycles. The van der Waals surface area contributed by atoms with E-state index in [9.17, 15) is 14.4 Å². The predicted octanol–water partition coefficient (Wildman–Crippen LogP) is 6.84. The molecule has 2 aliphatic heterocycles. The van der Waals surface area contributed by atoms with Crippen molar-refractivity contribution in [2.75, 3.05) is 26.2 Å². The standard InChI is InChI=1S/C34H44Cl2N4O4/c1-22(2)21-39-16-13-34(14-17-39)38-30(25-18-26(35)20-27(36)19-25)32(44)40(34)28(10-12-33(3,4)5)23-6-8-24(9-7-23)31(43)37-15-11-29(41)42/h6-9,18-20,22,28H,10-17,21H2,1-5H3,(H,37,43)(H,41,42)/t28-/m1/s1. The topological polar surface area (TPSA) is 102 Å². The smallest absolute Gasteiger partial charge is 0.305 e. The molecule has 2 aromatic rings. The fourth-order valence-corrected chi connectivity index (χ4v) is 6.67. The molecule has 0 bridgehead atoms. The quantitative estimate of drug-likeness (QED) is 0.279. The first-order chi connectivity index (χ1) is 20.7. The number of carboxylic acid groups (broad SMARTS) is 1. The molecular weight excluding hydrogens is 599 g/mol. The minimum atomic E-state index is -0.969. The van der Waals surface area contributed by atoms with E-state index in [4.69, 9.17) is 33.3 Å². The Morgan fingerprint density at radius 2 is 1.66 bits per heavy atom. The van der Waals surface area contributed by atoms with Gasteiger partial charge in [-0.1, -0.05) is 70.0 Å². The van der Waals surface area contributed by atoms with Crippen molar-refractivity contribution in [2.24, 2.45) is 16.3 Å². The van der Waals surface area contributed by atoms with Gasteiger partial charge in [-0.3, -0.25) is 19.4 Å². The second-order valence-corrected chi connectivity index (χ2v) is 14.5. The van der Waals surface area contributed by atoms with E-state index in [2.05, 4.69) is 44.8 Å². The molecule has 2 aromatic carbocycles. The Morgan fingerprint density at radius 1 is 1.05 bits per heavy atom. The van der Waals surface area contributed by atoms with E-state index in [0.717, 1.165) is 38.0 Å². The number of hydrogen-bond acceptors (Lipinski definition) is 5. The first-order valence-electron chi connectivity index (χ1n) is 15.4. The van der Waals surface area contributed by atoms with Crippen LogP contribution < -0.4 is 5.32 Å². The molecule has 0 aliphatic carbocycles. The van der Waals surface area contributed by atoms with Crippen molar-refractivity contribution in [3.8, 4) is 0 Å². The molecule has 1 spiro atoms. The van der Waals surface area contributed by atoms with Crippen LogP contribution in [0.4, 0.5) is 0 Å². The summed E-state index contributed by atoms with van der Waals surface area (Å²) in [6.45, 7) is 13.7. The zero-order valence-corrected chi connectivity index (χ0v) is 27.8. The summed E-state index contributed by atoms with van der Waals surface area (Å²) in [5.74, 6) is -0.908. The number of amides is 2. The fourth-order valence-electron chi connectivity index (χ4n) is 6.14. The highest BCUT2D eigenvalue weighted by Crippen LogP contribution is 2.45. The lowest BCUT2D eigenvalue weighted by Gasteiger charge is -2.47. The number of nitrogens with one attached hydrogen (secondary N) is 1. The fraction of sp³-hybridized carbons (Fsp3) is 0.529. The number of carboxylic acids is 1. The number of nitrogens with zero attached hydrogens (tertiary/aromatic N) is 3. The Bertz CT molecular complexity index is 1370. The van der Waals surface area contributed by atoms with Gasteiger partial charge in [0.1, 0.15) is 11.4 Å². The van der Waals surface area contributed by atoms with Crippen LogP contribution in [-0.4, -0.2) is 70.2 Å². The second kappa shape index (κ2) is 14.0. The Morgan fingerprint density at radius 3 is 2.20 bits per heavy atom. The van der Waals surface area contributed by atoms with Gasteiger partial charge < -0.3 is 20.2 Å². The summed E-state index contributed by atoms with van der Waals surface area (Å²) in [6, 6.07) is 12.2. The van der Waals surface area contributed by atoms with Crippen molar-refractivity contribution >= 4 is 46.7 Å². The number of hydrogen-bond donors (Lipinski definition) is 2. The number of aliphatic imine (C=N–C) groups is 1. The van der Waals surface area contributed by atoms with Crippen LogP contribution in [0.15, 0.2) is 47.5 Å². The lowest BCUT2D eigenvalue weighted by molar-refractivity contribution is -0.137. The van der Waals surface area contributed by atoms with Crippen LogP contribution in [-0.2, 0) is 9.59 Å². The zero-order valence-electron chi connectivity index (χ0n) is 26.3. The first kappa shape index (κ1) is 33.9. The molecule has 10 heteroatoms. The van der Waals surface area contributed by atoms with Crippen molar-refractivity contribution < 1.29 is 19.5 Å². The van der Waals surface area contributed by atoms with Gasteiger partial charge in [0.15, 0.2) is 0 Å². The van der Waals surface area contributed by atoms with Crippen LogP contribution in [0, 0.1) is 11.3 Å². The Balaban J connectivity index is 1.72. The number of rotatable bonds is 11. The normalized spacial score (nSPS) is 17.7. The van der Waals surface area contributed by atoms with Crippen molar-refractivity contribution in [1.29, 1.82) is 0 Å². The monoisotopic (exact) mass is 642 g/mol. The van der Waals surface area contributed by atoms with Crippen molar-refractivity contribution in [3.63, 3.8) is 0 Å². The van der Waals surface area contributed by atoms with E-state index in [0.29, 0.717) is 45.6 Å². The highest BCUT2D eigenvalue weighted by Gasteiger charge is 2.51. The third kappa shape index (κ3) is 8.40. The molecule has 0 saturated carbocycles. The minimum absolute atomic E-state index is 0.0307. The number of benzene rings is 2. The molecule has 2 heterocycles. The van der Waals surface area contributed by atoms with Gasteiger partial charge in [0.2, 0.25) is 0 Å². The van der Waals surface area contributed by atoms with E-state index >= 15 is 0 Å². The minimum Gasteiger partial charge on any atom is -0.481 e. The second-order valence-electron chi connectivity index (χ2n) is 13.6. The average Bonchev–Trinajstić information content (AvgIpc) is 3.20. The maximum atomic E-state index is 14.5. The number of aliphatic carboxylic acids is 1. The number of halogens is 2. The molecule has 2 aliphatic rings. The summed E-state index contributed by atoms with van der Waals surface area (Å²) in [5.41, 5.74) is 1.66. The first-order valence-corrected chi connectivity index (χ1v) is 16.2. The van der Waals surface area contributed by atoms with Crippen molar-refractivity contribution in [1.82, 2.24) is 15.1 Å². The molecule has 1 atom stereocenters. The predicted molar refractivity (Wildman–Crippen MR) is 176 cm³/mol. The zero-order chi connectivity index (χ0) is 32.2. The number of likely N-dealkylation sites (tertiary alicyclic amines) is 1. The van der Waals surface area contributed by atoms with Crippen LogP contribution in [0.5, 0.6) is 0 Å². The largest absolute Gasteiger partial charge is 0.481 e. The van der Waals surface area contributed by atoms with E-state index < -0.39 is 11.6 Å². The number of carbonyl (C=O) groups excluding carboxylic acids is 2. The van der Waals surface area contributed by atoms with Crippen LogP contribution in [0.2, 0.25) is 10.0 Å². The van der Waals surface area contributed by atoms with Crippen LogP contribution >= 0.6 is 23.2 Å². The molecule has 0 radical (unpaired) electrons. The Hall–Kier alpha value is -2.94. The van der Waals surface area contributed by atoms with Gasteiger partial charge in [0, 0.05) is 60.2 Å². The third-order valence-electron chi connectivity index (χ3n) is 8.27. The molecule has 2 N–H and O–H groups in total. The highest BCUT2D eigenvalue weighted by atomic mass is 35.5. The maximum absolute atomic E-state index is 14.5. The molecule has 0 aromatic heterocycles. The maximum Gasteiger partial charge on any atom is 0.305 e. The molecule has 4 rings (SSSR count). The molecule has 238 valence electrons. The van der Waals surface area contributed by atoms with Crippen LogP contribution in [0.1, 0.15) is 94.2 Å². The molecule has 2 amide bonds. The molecule has 1 fully saturated rings. The SMILES string of the molecule is CC(C)CN1CCC2(CC1)N=C(c1cc(Cl)cc(Cl)c1)C(=O)N2[C@H](CCC(C)(C)C)c1ccc(C(=O)NCCC(=O)O)cc1. The van der Waals surface area contributed by atoms with Gasteiger partial charge in [0.25, 0.3) is 11.8 Å². The van der Waals surface area contributed by atoms with Gasteiger partial charge in [-0.2, -0.15) is 0 Å². The summed E-state index contributed by atoms with van der Waals surface area (Å²) in [5, 5.41) is 12.4. The molecule has 0 unspecified atom stereocenters. The molecular formula is C34H44Cl2N4O4. The summed E-state index contributed by atoms with van der Waals surface area (Å²) in [6.07, 6.45) is 2.86. The van der Waals surface area contributed by atoms with Gasteiger partial charge in [0.05, 0.1) is 12.5 Å². The van der Waals surface area contributed by atoms with E-state index in [-0.39, 0.29) is 36.2 Å². The van der Waals surface area contributed by atoms with Gasteiger partial charge in [-0.15, -0.1) is 0 Å². The Kier molecular flexibility index (Phi) is 10.8. The highest BCUT2D eigenvalue weighted by molar-refractivity contribution is 6.47. The summed E-state index contributed by atoms with van der Waals surface area (Å²) in [7, 11) is 0. The van der Waals surface area contributed by atoms with Crippen LogP contribution in [0.25, 0.3) is 0 Å². The summed E-state index contributed by atoms with van der Waals surface area (Å²) >= 11 is 12.7. The number of carbonyl (C=O) groups is 3. The van der Waals surface area contributed by atoms with E-state index in [1.54, 1.807) is 30.3 Å². The van der Waals surface area contributed by atoms with Crippen LogP contribution in [0.3, 0.4) is 0 Å². The molecule has 44 heavy (non-hydrogen) atoms. The molecule has 8 nitrogen and oxygen atoms in total. The van der Waals surface area contributed by atoms with Gasteiger partial charge in [-0.25, -0.2) is 0 Å². The summed E-state index contributed by atoms with van der Waals surface area (Å²) < 4.78 is 0. The van der Waals surface area contributed by atoms with Gasteiger partial charge in [-0.05, 0) is 60.1 Å². The Labute approximate surface area is 270 Å². The lowest BCUT2D eigenvalue weighted by atomic mass is 9.84. The van der Waals surface area contributed by atoms with E-state index in [1.165, 1.54) is 0 Å². The van der Waals surface area contributed by atoms with Crippen molar-refractivity contribution in [3.05, 3.63) is 69.2 Å². The van der Waals surface area contributed by atoms with E-state index in [1.807, 2.05) is 17.0 Å². The lowest BCUT2D eigenvalue weighted by Crippen LogP contribution is -2.55. The van der Waals surface area contributed by atoms with Gasteiger partial charge >= 0.3 is 5.97 Å². The van der Waals surface area contributed by atoms with Crippen molar-refractivity contribution in [2.45, 2.75) is 78.4 Å². The third-order valence-corrected chi connectivity index (χ3v) is 8.70.